The molecule has 156 valence electrons. The smallest absolute Gasteiger partial charge is 0.251 e. The fourth-order valence-corrected chi connectivity index (χ4v) is 5.40. The molecule has 2 aliphatic rings. The molecule has 1 saturated heterocycles. The van der Waals surface area contributed by atoms with Gasteiger partial charge in [-0.15, -0.1) is 0 Å². The molecule has 0 atom stereocenters. The van der Waals surface area contributed by atoms with E-state index in [9.17, 15) is 22.6 Å². The zero-order valence-electron chi connectivity index (χ0n) is 15.7. The van der Waals surface area contributed by atoms with E-state index in [1.807, 2.05) is 0 Å². The van der Waals surface area contributed by atoms with Crippen LogP contribution in [0.25, 0.3) is 0 Å². The summed E-state index contributed by atoms with van der Waals surface area (Å²) in [4.78, 5) is 25.4. The van der Waals surface area contributed by atoms with Crippen molar-refractivity contribution in [2.45, 2.75) is 30.9 Å². The summed E-state index contributed by atoms with van der Waals surface area (Å²) in [7, 11) is -2.86. The summed E-state index contributed by atoms with van der Waals surface area (Å²) in [6.45, 7) is 3.42. The van der Waals surface area contributed by atoms with Gasteiger partial charge in [0.1, 0.15) is 11.6 Å². The van der Waals surface area contributed by atoms with Crippen LogP contribution in [0.2, 0.25) is 0 Å². The highest BCUT2D eigenvalue weighted by atomic mass is 32.3. The molecule has 1 aliphatic carbocycles. The summed E-state index contributed by atoms with van der Waals surface area (Å²) in [5.41, 5.74) is 0.584. The monoisotopic (exact) mass is 415 g/mol. The van der Waals surface area contributed by atoms with E-state index < -0.39 is 27.7 Å². The standard InChI is InChI=1S/C19H27F2N3O3S/c20-16-9-15(10-17(21)11-16)19(26)22-12-14-3-6-24(7-4-14)8-5-23-28(27,13-25)18-1-2-18/h9-11,13-14,18,28H,1-8,12H2,(H,22,26)(H,23,27). The molecule has 3 rings (SSSR count). The predicted octanol–water partition coefficient (Wildman–Crippen LogP) is 1.28. The maximum absolute atomic E-state index is 13.2. The third-order valence-corrected chi connectivity index (χ3v) is 8.05. The van der Waals surface area contributed by atoms with Gasteiger partial charge in [-0.25, -0.2) is 8.78 Å². The first kappa shape index (κ1) is 21.0. The van der Waals surface area contributed by atoms with Crippen LogP contribution in [0.15, 0.2) is 18.2 Å². The second kappa shape index (κ2) is 9.19. The Morgan fingerprint density at radius 3 is 2.36 bits per heavy atom. The lowest BCUT2D eigenvalue weighted by Crippen LogP contribution is -2.44. The summed E-state index contributed by atoms with van der Waals surface area (Å²) < 4.78 is 41.7. The molecular weight excluding hydrogens is 388 g/mol. The molecule has 6 nitrogen and oxygen atoms in total. The van der Waals surface area contributed by atoms with Crippen LogP contribution < -0.4 is 10.0 Å². The molecule has 0 spiro atoms. The molecule has 28 heavy (non-hydrogen) atoms. The number of nitrogens with zero attached hydrogens (tertiary/aromatic N) is 1. The normalized spacial score (nSPS) is 19.4. The van der Waals surface area contributed by atoms with Crippen molar-refractivity contribution in [3.05, 3.63) is 35.4 Å². The molecule has 0 unspecified atom stereocenters. The maximum atomic E-state index is 13.2. The Kier molecular flexibility index (Phi) is 6.90. The van der Waals surface area contributed by atoms with Gasteiger partial charge in [-0.2, -0.15) is 0 Å². The molecule has 2 fully saturated rings. The zero-order chi connectivity index (χ0) is 20.1. The molecule has 1 heterocycles. The first-order valence-electron chi connectivity index (χ1n) is 9.67. The Balaban J connectivity index is 1.35. The van der Waals surface area contributed by atoms with Crippen molar-refractivity contribution < 1.29 is 22.6 Å². The Hall–Kier alpha value is -1.71. The minimum absolute atomic E-state index is 0.0173. The first-order chi connectivity index (χ1) is 13.4. The average Bonchev–Trinajstić information content (AvgIpc) is 3.52. The molecule has 9 heteroatoms. The van der Waals surface area contributed by atoms with Crippen molar-refractivity contribution in [2.75, 3.05) is 32.7 Å². The number of rotatable bonds is 9. The molecule has 1 aliphatic heterocycles. The van der Waals surface area contributed by atoms with Gasteiger partial charge in [0.15, 0.2) is 5.62 Å². The number of hydrogen-bond acceptors (Lipinski definition) is 4. The number of likely N-dealkylation sites (tertiary alicyclic amines) is 1. The van der Waals surface area contributed by atoms with E-state index in [4.69, 9.17) is 0 Å². The summed E-state index contributed by atoms with van der Waals surface area (Å²) >= 11 is 0. The number of piperidine rings is 1. The van der Waals surface area contributed by atoms with E-state index >= 15 is 0 Å². The van der Waals surface area contributed by atoms with Gasteiger partial charge in [-0.05, 0) is 66.9 Å². The molecular formula is C19H27F2N3O3S. The third kappa shape index (κ3) is 5.65. The van der Waals surface area contributed by atoms with Crippen LogP contribution in [0.4, 0.5) is 8.78 Å². The van der Waals surface area contributed by atoms with Crippen molar-refractivity contribution in [1.29, 1.82) is 0 Å². The van der Waals surface area contributed by atoms with Gasteiger partial charge in [-0.1, -0.05) is 0 Å². The van der Waals surface area contributed by atoms with Gasteiger partial charge in [-0.3, -0.25) is 18.5 Å². The number of benzene rings is 1. The summed E-state index contributed by atoms with van der Waals surface area (Å²) in [5, 5.41) is 2.78. The Morgan fingerprint density at radius 1 is 1.14 bits per heavy atom. The molecule has 2 N–H and O–H groups in total. The Bertz CT molecular complexity index is 745. The predicted molar refractivity (Wildman–Crippen MR) is 105 cm³/mol. The molecule has 1 amide bonds. The van der Waals surface area contributed by atoms with Crippen LogP contribution in [0, 0.1) is 17.6 Å². The number of carbonyl (C=O) groups excluding carboxylic acids is 2. The highest BCUT2D eigenvalue weighted by Crippen LogP contribution is 2.31. The van der Waals surface area contributed by atoms with Crippen LogP contribution in [0.3, 0.4) is 0 Å². The van der Waals surface area contributed by atoms with Crippen molar-refractivity contribution in [3.63, 3.8) is 0 Å². The summed E-state index contributed by atoms with van der Waals surface area (Å²) in [6, 6.07) is 2.78. The lowest BCUT2D eigenvalue weighted by molar-refractivity contribution is 0.0935. The molecule has 0 radical (unpaired) electrons. The van der Waals surface area contributed by atoms with Gasteiger partial charge in [0.05, 0.1) is 0 Å². The van der Waals surface area contributed by atoms with Crippen molar-refractivity contribution in [3.8, 4) is 0 Å². The first-order valence-corrected chi connectivity index (χ1v) is 11.5. The minimum atomic E-state index is -2.86. The second-order valence-electron chi connectivity index (χ2n) is 7.61. The van der Waals surface area contributed by atoms with E-state index in [2.05, 4.69) is 14.9 Å². The lowest BCUT2D eigenvalue weighted by Gasteiger charge is -2.32. The number of amides is 1. The fourth-order valence-electron chi connectivity index (χ4n) is 3.53. The Labute approximate surface area is 164 Å². The van der Waals surface area contributed by atoms with E-state index in [0.717, 1.165) is 63.5 Å². The number of nitrogens with one attached hydrogen (secondary N) is 2. The van der Waals surface area contributed by atoms with Gasteiger partial charge < -0.3 is 10.2 Å². The average molecular weight is 416 g/mol. The highest BCUT2D eigenvalue weighted by Gasteiger charge is 2.35. The third-order valence-electron chi connectivity index (χ3n) is 5.42. The minimum Gasteiger partial charge on any atom is -0.352 e. The van der Waals surface area contributed by atoms with E-state index in [1.165, 1.54) is 0 Å². The van der Waals surface area contributed by atoms with Gasteiger partial charge in [0, 0.05) is 36.5 Å². The van der Waals surface area contributed by atoms with E-state index in [0.29, 0.717) is 24.6 Å². The van der Waals surface area contributed by atoms with Crippen LogP contribution in [-0.4, -0.2) is 58.6 Å². The van der Waals surface area contributed by atoms with Gasteiger partial charge in [0.25, 0.3) is 5.91 Å². The number of halogens is 2. The molecule has 1 saturated carbocycles. The Morgan fingerprint density at radius 2 is 1.79 bits per heavy atom. The van der Waals surface area contributed by atoms with Crippen LogP contribution in [-0.2, 0) is 14.9 Å². The largest absolute Gasteiger partial charge is 0.352 e. The summed E-state index contributed by atoms with van der Waals surface area (Å²) in [6.07, 6.45) is 3.52. The molecule has 1 aromatic rings. The van der Waals surface area contributed by atoms with Gasteiger partial charge in [0.2, 0.25) is 0 Å². The zero-order valence-corrected chi connectivity index (χ0v) is 16.6. The number of thiol groups is 1. The second-order valence-corrected chi connectivity index (χ2v) is 10.3. The summed E-state index contributed by atoms with van der Waals surface area (Å²) in [5.74, 6) is -1.71. The quantitative estimate of drug-likeness (QED) is 0.419. The van der Waals surface area contributed by atoms with Crippen molar-refractivity contribution in [1.82, 2.24) is 14.9 Å². The number of carbonyl (C=O) groups is 2. The lowest BCUT2D eigenvalue weighted by atomic mass is 9.96. The molecule has 0 aromatic heterocycles. The molecule has 1 aromatic carbocycles. The van der Waals surface area contributed by atoms with Crippen LogP contribution in [0.5, 0.6) is 0 Å². The topological polar surface area (TPSA) is 78.5 Å². The van der Waals surface area contributed by atoms with Gasteiger partial charge >= 0.3 is 0 Å². The van der Waals surface area contributed by atoms with E-state index in [-0.39, 0.29) is 10.8 Å². The van der Waals surface area contributed by atoms with E-state index in [1.54, 1.807) is 0 Å². The maximum Gasteiger partial charge on any atom is 0.251 e. The van der Waals surface area contributed by atoms with Crippen molar-refractivity contribution >= 4 is 21.6 Å². The van der Waals surface area contributed by atoms with Crippen LogP contribution in [0.1, 0.15) is 36.0 Å². The van der Waals surface area contributed by atoms with Crippen LogP contribution >= 0.6 is 0 Å². The molecule has 0 bridgehead atoms. The number of hydrogen-bond donors (Lipinski definition) is 3. The highest BCUT2D eigenvalue weighted by molar-refractivity contribution is 8.14. The SMILES string of the molecule is O=C[SH](=O)(NCCN1CCC(CNC(=O)c2cc(F)cc(F)c2)CC1)C1CC1. The van der Waals surface area contributed by atoms with Crippen molar-refractivity contribution in [2.24, 2.45) is 5.92 Å². The fraction of sp³-hybridized carbons (Fsp3) is 0.579.